The van der Waals surface area contributed by atoms with Crippen molar-refractivity contribution in [2.45, 2.75) is 76.7 Å². The number of halogens is 3. The van der Waals surface area contributed by atoms with Crippen molar-refractivity contribution in [2.75, 3.05) is 0 Å². The zero-order valence-electron chi connectivity index (χ0n) is 10.6. The molecule has 0 aliphatic heterocycles. The average Bonchev–Trinajstić information content (AvgIpc) is 2.20. The van der Waals surface area contributed by atoms with Gasteiger partial charge in [-0.3, -0.25) is 0 Å². The summed E-state index contributed by atoms with van der Waals surface area (Å²) in [4.78, 5) is 0. The van der Waals surface area contributed by atoms with E-state index in [9.17, 15) is 13.2 Å². The Morgan fingerprint density at radius 3 is 2.00 bits per heavy atom. The minimum Gasteiger partial charge on any atom is -0.171 e. The molecule has 0 amide bonds. The summed E-state index contributed by atoms with van der Waals surface area (Å²) in [7, 11) is -0.845. The highest BCUT2D eigenvalue weighted by molar-refractivity contribution is 6.58. The van der Waals surface area contributed by atoms with E-state index >= 15 is 0 Å². The van der Waals surface area contributed by atoms with Gasteiger partial charge in [-0.25, -0.2) is 0 Å². The summed E-state index contributed by atoms with van der Waals surface area (Å²) in [5.74, 6) is 0. The van der Waals surface area contributed by atoms with Gasteiger partial charge in [0.1, 0.15) is 0 Å². The predicted molar refractivity (Wildman–Crippen MR) is 66.7 cm³/mol. The van der Waals surface area contributed by atoms with Crippen molar-refractivity contribution in [2.24, 2.45) is 0 Å². The van der Waals surface area contributed by atoms with Crippen LogP contribution in [0.2, 0.25) is 18.1 Å². The molecule has 16 heavy (non-hydrogen) atoms. The van der Waals surface area contributed by atoms with E-state index in [2.05, 4.69) is 13.8 Å². The quantitative estimate of drug-likeness (QED) is 0.394. The Kier molecular flexibility index (Phi) is 9.08. The van der Waals surface area contributed by atoms with Crippen LogP contribution in [-0.2, 0) is 0 Å². The van der Waals surface area contributed by atoms with Crippen molar-refractivity contribution < 1.29 is 13.2 Å². The first-order chi connectivity index (χ1) is 7.49. The molecule has 1 atom stereocenters. The minimum absolute atomic E-state index is 0.363. The molecule has 0 aromatic rings. The van der Waals surface area contributed by atoms with Gasteiger partial charge in [-0.15, -0.1) is 0 Å². The summed E-state index contributed by atoms with van der Waals surface area (Å²) in [6.07, 6.45) is 0.839. The zero-order valence-corrected chi connectivity index (χ0v) is 11.7. The van der Waals surface area contributed by atoms with E-state index < -0.39 is 21.4 Å². The summed E-state index contributed by atoms with van der Waals surface area (Å²) >= 11 is 0. The molecule has 4 heteroatoms. The molecule has 0 aliphatic carbocycles. The maximum atomic E-state index is 12.0. The van der Waals surface area contributed by atoms with Gasteiger partial charge in [0.05, 0.1) is 0 Å². The Bertz CT molecular complexity index is 157. The lowest BCUT2D eigenvalue weighted by molar-refractivity contribution is -0.134. The fourth-order valence-electron chi connectivity index (χ4n) is 2.00. The number of rotatable bonds is 9. The number of alkyl halides is 3. The summed E-state index contributed by atoms with van der Waals surface area (Å²) in [6.45, 7) is 4.32. The molecule has 1 unspecified atom stereocenters. The highest BCUT2D eigenvalue weighted by Crippen LogP contribution is 2.24. The van der Waals surface area contributed by atoms with E-state index in [0.29, 0.717) is 6.42 Å². The Balaban J connectivity index is 3.51. The van der Waals surface area contributed by atoms with Gasteiger partial charge in [0.25, 0.3) is 0 Å². The molecule has 0 N–H and O–H groups in total. The van der Waals surface area contributed by atoms with E-state index in [1.165, 1.54) is 31.7 Å². The maximum absolute atomic E-state index is 12.0. The smallest absolute Gasteiger partial charge is 0.171 e. The van der Waals surface area contributed by atoms with E-state index in [1.54, 1.807) is 0 Å². The molecule has 0 heterocycles. The van der Waals surface area contributed by atoms with Gasteiger partial charge in [0, 0.05) is 15.2 Å². The minimum atomic E-state index is -3.95. The second kappa shape index (κ2) is 9.08. The molecule has 0 nitrogen and oxygen atoms in total. The highest BCUT2D eigenvalue weighted by atomic mass is 28.3. The molecule has 0 aliphatic rings. The van der Waals surface area contributed by atoms with Crippen LogP contribution in [0.3, 0.4) is 0 Å². The first kappa shape index (κ1) is 16.0. The highest BCUT2D eigenvalue weighted by Gasteiger charge is 2.26. The fourth-order valence-corrected chi connectivity index (χ4v) is 4.76. The molecule has 0 rings (SSSR count). The van der Waals surface area contributed by atoms with Gasteiger partial charge in [0.2, 0.25) is 0 Å². The van der Waals surface area contributed by atoms with E-state index in [0.717, 1.165) is 12.1 Å². The van der Waals surface area contributed by atoms with Crippen molar-refractivity contribution in [3.63, 3.8) is 0 Å². The fraction of sp³-hybridized carbons (Fsp3) is 1.00. The lowest BCUT2D eigenvalue weighted by Crippen LogP contribution is -2.13. The first-order valence-corrected chi connectivity index (χ1v) is 9.01. The van der Waals surface area contributed by atoms with Gasteiger partial charge < -0.3 is 0 Å². The van der Waals surface area contributed by atoms with E-state index in [4.69, 9.17) is 0 Å². The van der Waals surface area contributed by atoms with Gasteiger partial charge in [-0.1, -0.05) is 57.7 Å². The maximum Gasteiger partial charge on any atom is 0.389 e. The number of hydrogen-bond donors (Lipinski definition) is 0. The Labute approximate surface area is 99.2 Å². The number of unbranched alkanes of at least 4 members (excludes halogenated alkanes) is 3. The van der Waals surface area contributed by atoms with Crippen molar-refractivity contribution in [3.8, 4) is 0 Å². The molecular weight excluding hydrogens is 229 g/mol. The molecule has 0 bridgehead atoms. The molecule has 0 saturated heterocycles. The van der Waals surface area contributed by atoms with Gasteiger partial charge in [-0.05, 0) is 6.42 Å². The Morgan fingerprint density at radius 1 is 0.875 bits per heavy atom. The SMILES string of the molecule is CCCCCC[SiH](CC)CCCC(F)(F)F. The molecule has 0 aromatic heterocycles. The zero-order chi connectivity index (χ0) is 12.4. The van der Waals surface area contributed by atoms with Crippen molar-refractivity contribution in [1.82, 2.24) is 0 Å². The topological polar surface area (TPSA) is 0 Å². The van der Waals surface area contributed by atoms with Crippen LogP contribution in [0.4, 0.5) is 13.2 Å². The van der Waals surface area contributed by atoms with Crippen LogP contribution in [0, 0.1) is 0 Å². The van der Waals surface area contributed by atoms with Crippen LogP contribution in [0.1, 0.15) is 52.4 Å². The molecule has 0 radical (unpaired) electrons. The van der Waals surface area contributed by atoms with Crippen LogP contribution >= 0.6 is 0 Å². The summed E-state index contributed by atoms with van der Waals surface area (Å²) in [6, 6.07) is 3.28. The molecule has 0 fully saturated rings. The van der Waals surface area contributed by atoms with Crippen LogP contribution in [-0.4, -0.2) is 15.0 Å². The first-order valence-electron chi connectivity index (χ1n) is 6.56. The molecule has 0 aromatic carbocycles. The molecule has 0 spiro atoms. The van der Waals surface area contributed by atoms with Crippen molar-refractivity contribution in [3.05, 3.63) is 0 Å². The van der Waals surface area contributed by atoms with Gasteiger partial charge >= 0.3 is 6.18 Å². The summed E-state index contributed by atoms with van der Waals surface area (Å²) < 4.78 is 35.9. The predicted octanol–water partition coefficient (Wildman–Crippen LogP) is 5.16. The Morgan fingerprint density at radius 2 is 1.50 bits per heavy atom. The summed E-state index contributed by atoms with van der Waals surface area (Å²) in [5.41, 5.74) is 0. The largest absolute Gasteiger partial charge is 0.389 e. The summed E-state index contributed by atoms with van der Waals surface area (Å²) in [5, 5.41) is 0. The van der Waals surface area contributed by atoms with Crippen molar-refractivity contribution >= 4 is 8.80 Å². The normalized spacial score (nSPS) is 14.1. The second-order valence-electron chi connectivity index (χ2n) is 4.63. The molecule has 0 saturated carbocycles. The van der Waals surface area contributed by atoms with Crippen molar-refractivity contribution in [1.29, 1.82) is 0 Å². The van der Waals surface area contributed by atoms with E-state index in [-0.39, 0.29) is 0 Å². The van der Waals surface area contributed by atoms with Crippen LogP contribution in [0.5, 0.6) is 0 Å². The van der Waals surface area contributed by atoms with Gasteiger partial charge in [0.15, 0.2) is 0 Å². The van der Waals surface area contributed by atoms with Crippen LogP contribution in [0.25, 0.3) is 0 Å². The molecular formula is C12H25F3Si. The average molecular weight is 254 g/mol. The van der Waals surface area contributed by atoms with E-state index in [1.807, 2.05) is 0 Å². The second-order valence-corrected chi connectivity index (χ2v) is 8.33. The third-order valence-corrected chi connectivity index (χ3v) is 6.72. The third kappa shape index (κ3) is 10.5. The number of hydrogen-bond acceptors (Lipinski definition) is 0. The van der Waals surface area contributed by atoms with Crippen LogP contribution in [0.15, 0.2) is 0 Å². The Hall–Kier alpha value is 0.00688. The van der Waals surface area contributed by atoms with Crippen LogP contribution < -0.4 is 0 Å². The monoisotopic (exact) mass is 254 g/mol. The lowest BCUT2D eigenvalue weighted by atomic mass is 10.2. The third-order valence-electron chi connectivity index (χ3n) is 3.12. The van der Waals surface area contributed by atoms with Gasteiger partial charge in [-0.2, -0.15) is 13.2 Å². The molecule has 98 valence electrons. The lowest BCUT2D eigenvalue weighted by Gasteiger charge is -2.13. The standard InChI is InChI=1S/C12H25F3Si/c1-3-5-6-7-10-16(4-2)11-8-9-12(13,14)15/h16H,3-11H2,1-2H3.